The molecule has 0 unspecified atom stereocenters. The first-order chi connectivity index (χ1) is 10.3. The predicted octanol–water partition coefficient (Wildman–Crippen LogP) is 2.55. The third kappa shape index (κ3) is 2.86. The van der Waals surface area contributed by atoms with Gasteiger partial charge in [0.1, 0.15) is 18.1 Å². The van der Waals surface area contributed by atoms with Crippen LogP contribution in [0.25, 0.3) is 11.0 Å². The van der Waals surface area contributed by atoms with Gasteiger partial charge >= 0.3 is 0 Å². The first kappa shape index (κ1) is 13.9. The molecular formula is C16H20N4O. The van der Waals surface area contributed by atoms with Crippen molar-refractivity contribution in [1.82, 2.24) is 14.5 Å². The van der Waals surface area contributed by atoms with Crippen molar-refractivity contribution < 1.29 is 4.74 Å². The summed E-state index contributed by atoms with van der Waals surface area (Å²) >= 11 is 0. The topological polar surface area (TPSA) is 54.1 Å². The molecule has 2 heterocycles. The van der Waals surface area contributed by atoms with Gasteiger partial charge in [-0.3, -0.25) is 4.90 Å². The second kappa shape index (κ2) is 6.15. The molecule has 1 aromatic heterocycles. The molecule has 2 aromatic rings. The minimum Gasteiger partial charge on any atom is -0.497 e. The number of likely N-dealkylation sites (tertiary alicyclic amines) is 1. The summed E-state index contributed by atoms with van der Waals surface area (Å²) in [5.41, 5.74) is 1.90. The van der Waals surface area contributed by atoms with Gasteiger partial charge in [-0.15, -0.1) is 0 Å². The monoisotopic (exact) mass is 284 g/mol. The summed E-state index contributed by atoms with van der Waals surface area (Å²) in [7, 11) is 1.65. The number of aromatic nitrogens is 2. The lowest BCUT2D eigenvalue weighted by Gasteiger charge is -2.26. The summed E-state index contributed by atoms with van der Waals surface area (Å²) in [6, 6.07) is 8.08. The van der Waals surface area contributed by atoms with Gasteiger partial charge in [-0.25, -0.2) is 4.98 Å². The smallest absolute Gasteiger partial charge is 0.125 e. The summed E-state index contributed by atoms with van der Waals surface area (Å²) in [5.74, 6) is 1.77. The number of nitriles is 1. The Hall–Kier alpha value is -2.06. The molecular weight excluding hydrogens is 264 g/mol. The molecule has 0 aliphatic carbocycles. The Balaban J connectivity index is 1.95. The van der Waals surface area contributed by atoms with Crippen LogP contribution in [0.3, 0.4) is 0 Å². The van der Waals surface area contributed by atoms with Crippen molar-refractivity contribution in [2.45, 2.75) is 32.4 Å². The number of benzene rings is 1. The van der Waals surface area contributed by atoms with Crippen LogP contribution >= 0.6 is 0 Å². The van der Waals surface area contributed by atoms with Gasteiger partial charge in [-0.2, -0.15) is 5.26 Å². The lowest BCUT2D eigenvalue weighted by Crippen LogP contribution is -2.30. The highest BCUT2D eigenvalue weighted by Crippen LogP contribution is 2.23. The van der Waals surface area contributed by atoms with Crippen molar-refractivity contribution in [2.75, 3.05) is 20.2 Å². The summed E-state index contributed by atoms with van der Waals surface area (Å²) in [5, 5.41) is 9.09. The van der Waals surface area contributed by atoms with Crippen LogP contribution in [0.2, 0.25) is 0 Å². The summed E-state index contributed by atoms with van der Waals surface area (Å²) in [4.78, 5) is 7.15. The highest BCUT2D eigenvalue weighted by molar-refractivity contribution is 5.78. The Morgan fingerprint density at radius 1 is 1.29 bits per heavy atom. The molecule has 5 nitrogen and oxygen atoms in total. The van der Waals surface area contributed by atoms with Crippen LogP contribution in [0.15, 0.2) is 18.2 Å². The predicted molar refractivity (Wildman–Crippen MR) is 81.0 cm³/mol. The summed E-state index contributed by atoms with van der Waals surface area (Å²) < 4.78 is 7.27. The van der Waals surface area contributed by atoms with Crippen LogP contribution in [-0.2, 0) is 13.1 Å². The van der Waals surface area contributed by atoms with E-state index >= 15 is 0 Å². The molecule has 3 rings (SSSR count). The Morgan fingerprint density at radius 3 is 2.81 bits per heavy atom. The van der Waals surface area contributed by atoms with Gasteiger partial charge in [0.25, 0.3) is 0 Å². The second-order valence-corrected chi connectivity index (χ2v) is 5.46. The largest absolute Gasteiger partial charge is 0.497 e. The van der Waals surface area contributed by atoms with E-state index in [0.29, 0.717) is 6.54 Å². The van der Waals surface area contributed by atoms with Gasteiger partial charge in [0.2, 0.25) is 0 Å². The zero-order chi connectivity index (χ0) is 14.7. The average Bonchev–Trinajstić information content (AvgIpc) is 2.85. The SMILES string of the molecule is COc1ccc2c(c1)nc(CN1CCCCC1)n2CC#N. The van der Waals surface area contributed by atoms with Crippen LogP contribution in [0, 0.1) is 11.3 Å². The third-order valence-corrected chi connectivity index (χ3v) is 4.08. The highest BCUT2D eigenvalue weighted by atomic mass is 16.5. The van der Waals surface area contributed by atoms with E-state index in [4.69, 9.17) is 15.0 Å². The molecule has 0 spiro atoms. The van der Waals surface area contributed by atoms with Gasteiger partial charge in [0.15, 0.2) is 0 Å². The Kier molecular flexibility index (Phi) is 4.07. The van der Waals surface area contributed by atoms with Gasteiger partial charge in [-0.05, 0) is 38.1 Å². The first-order valence-electron chi connectivity index (χ1n) is 7.44. The maximum Gasteiger partial charge on any atom is 0.125 e. The Labute approximate surface area is 124 Å². The molecule has 0 bridgehead atoms. The van der Waals surface area contributed by atoms with Crippen LogP contribution in [0.4, 0.5) is 0 Å². The molecule has 1 fully saturated rings. The van der Waals surface area contributed by atoms with Crippen LogP contribution < -0.4 is 4.74 Å². The number of ether oxygens (including phenoxy) is 1. The number of rotatable bonds is 4. The number of hydrogen-bond donors (Lipinski definition) is 0. The van der Waals surface area contributed by atoms with E-state index in [1.54, 1.807) is 7.11 Å². The lowest BCUT2D eigenvalue weighted by molar-refractivity contribution is 0.214. The van der Waals surface area contributed by atoms with E-state index in [0.717, 1.165) is 42.2 Å². The zero-order valence-electron chi connectivity index (χ0n) is 12.4. The number of methoxy groups -OCH3 is 1. The molecule has 110 valence electrons. The fourth-order valence-electron chi connectivity index (χ4n) is 2.97. The number of piperidine rings is 1. The van der Waals surface area contributed by atoms with Crippen molar-refractivity contribution in [3.05, 3.63) is 24.0 Å². The van der Waals surface area contributed by atoms with Crippen molar-refractivity contribution in [2.24, 2.45) is 0 Å². The number of nitrogens with zero attached hydrogens (tertiary/aromatic N) is 4. The normalized spacial score (nSPS) is 16.0. The molecule has 0 N–H and O–H groups in total. The van der Waals surface area contributed by atoms with E-state index in [1.165, 1.54) is 19.3 Å². The third-order valence-electron chi connectivity index (χ3n) is 4.08. The molecule has 1 aliphatic heterocycles. The summed E-state index contributed by atoms with van der Waals surface area (Å²) in [6.07, 6.45) is 3.83. The van der Waals surface area contributed by atoms with E-state index in [2.05, 4.69) is 11.0 Å². The second-order valence-electron chi connectivity index (χ2n) is 5.46. The van der Waals surface area contributed by atoms with Crippen LogP contribution in [0.1, 0.15) is 25.1 Å². The van der Waals surface area contributed by atoms with Crippen molar-refractivity contribution in [1.29, 1.82) is 5.26 Å². The maximum absolute atomic E-state index is 9.09. The van der Waals surface area contributed by atoms with Gasteiger partial charge in [0.05, 0.1) is 30.8 Å². The van der Waals surface area contributed by atoms with Crippen LogP contribution in [-0.4, -0.2) is 34.7 Å². The molecule has 0 saturated carbocycles. The fraction of sp³-hybridized carbons (Fsp3) is 0.500. The van der Waals surface area contributed by atoms with Gasteiger partial charge in [-0.1, -0.05) is 6.42 Å². The van der Waals surface area contributed by atoms with E-state index < -0.39 is 0 Å². The van der Waals surface area contributed by atoms with Gasteiger partial charge in [0, 0.05) is 6.07 Å². The molecule has 0 radical (unpaired) electrons. The molecule has 1 saturated heterocycles. The van der Waals surface area contributed by atoms with Crippen LogP contribution in [0.5, 0.6) is 5.75 Å². The molecule has 0 amide bonds. The van der Waals surface area contributed by atoms with Crippen molar-refractivity contribution >= 4 is 11.0 Å². The molecule has 21 heavy (non-hydrogen) atoms. The standard InChI is InChI=1S/C16H20N4O/c1-21-13-5-6-15-14(11-13)18-16(20(15)10-7-17)12-19-8-3-2-4-9-19/h5-6,11H,2-4,8-10,12H2,1H3. The molecule has 0 atom stereocenters. The minimum absolute atomic E-state index is 0.339. The van der Waals surface area contributed by atoms with Gasteiger partial charge < -0.3 is 9.30 Å². The number of hydrogen-bond acceptors (Lipinski definition) is 4. The van der Waals surface area contributed by atoms with E-state index in [-0.39, 0.29) is 0 Å². The quantitative estimate of drug-likeness (QED) is 0.866. The Morgan fingerprint density at radius 2 is 2.10 bits per heavy atom. The van der Waals surface area contributed by atoms with E-state index in [9.17, 15) is 0 Å². The molecule has 5 heteroatoms. The number of fused-ring (bicyclic) bond motifs is 1. The maximum atomic E-state index is 9.09. The first-order valence-corrected chi connectivity index (χ1v) is 7.44. The van der Waals surface area contributed by atoms with Crippen molar-refractivity contribution in [3.8, 4) is 11.8 Å². The lowest BCUT2D eigenvalue weighted by atomic mass is 10.1. The number of imidazole rings is 1. The molecule has 1 aliphatic rings. The zero-order valence-corrected chi connectivity index (χ0v) is 12.4. The highest BCUT2D eigenvalue weighted by Gasteiger charge is 2.16. The van der Waals surface area contributed by atoms with Crippen molar-refractivity contribution in [3.63, 3.8) is 0 Å². The fourth-order valence-corrected chi connectivity index (χ4v) is 2.97. The summed E-state index contributed by atoms with van der Waals surface area (Å²) in [6.45, 7) is 3.41. The minimum atomic E-state index is 0.339. The molecule has 1 aromatic carbocycles. The average molecular weight is 284 g/mol. The Bertz CT molecular complexity index is 665. The van der Waals surface area contributed by atoms with E-state index in [1.807, 2.05) is 22.8 Å².